The molecule has 0 radical (unpaired) electrons. The van der Waals surface area contributed by atoms with Crippen LogP contribution in [0.2, 0.25) is 0 Å². The normalized spacial score (nSPS) is 13.1. The Morgan fingerprint density at radius 3 is 2.93 bits per heavy atom. The van der Waals surface area contributed by atoms with Crippen LogP contribution in [0.4, 0.5) is 0 Å². The van der Waals surface area contributed by atoms with Gasteiger partial charge in [-0.2, -0.15) is 0 Å². The maximum absolute atomic E-state index is 8.97. The third kappa shape index (κ3) is 2.73. The molecule has 1 unspecified atom stereocenters. The number of aliphatic hydroxyl groups excluding tert-OH is 1. The van der Waals surface area contributed by atoms with Crippen molar-refractivity contribution in [2.24, 2.45) is 7.05 Å². The molecule has 0 aliphatic carbocycles. The molecule has 0 amide bonds. The standard InChI is InChI=1S/C9H16N2O2S/c1-7(6-13-3)14-9-10-4-8(5-12)11(9)2/h4,7,12H,5-6H2,1-3H3. The SMILES string of the molecule is COCC(C)Sc1ncc(CO)n1C. The summed E-state index contributed by atoms with van der Waals surface area (Å²) >= 11 is 1.65. The van der Waals surface area contributed by atoms with Gasteiger partial charge in [-0.3, -0.25) is 0 Å². The highest BCUT2D eigenvalue weighted by Crippen LogP contribution is 2.22. The Balaban J connectivity index is 2.62. The third-order valence-corrected chi connectivity index (χ3v) is 3.04. The molecule has 0 bridgehead atoms. The second-order valence-corrected chi connectivity index (χ2v) is 4.54. The van der Waals surface area contributed by atoms with Crippen molar-refractivity contribution < 1.29 is 9.84 Å². The fourth-order valence-corrected chi connectivity index (χ4v) is 2.08. The van der Waals surface area contributed by atoms with Crippen LogP contribution in [0.5, 0.6) is 0 Å². The van der Waals surface area contributed by atoms with Gasteiger partial charge in [0.25, 0.3) is 0 Å². The molecule has 1 rings (SSSR count). The van der Waals surface area contributed by atoms with E-state index in [0.29, 0.717) is 11.9 Å². The van der Waals surface area contributed by atoms with Crippen molar-refractivity contribution >= 4 is 11.8 Å². The van der Waals surface area contributed by atoms with Gasteiger partial charge in [-0.05, 0) is 0 Å². The maximum Gasteiger partial charge on any atom is 0.168 e. The highest BCUT2D eigenvalue weighted by Gasteiger charge is 2.10. The molecule has 5 heteroatoms. The zero-order valence-corrected chi connectivity index (χ0v) is 9.54. The van der Waals surface area contributed by atoms with Gasteiger partial charge in [0.1, 0.15) is 0 Å². The molecule has 14 heavy (non-hydrogen) atoms. The Hall–Kier alpha value is -0.520. The zero-order chi connectivity index (χ0) is 10.6. The first-order valence-electron chi connectivity index (χ1n) is 4.46. The Morgan fingerprint density at radius 2 is 2.43 bits per heavy atom. The van der Waals surface area contributed by atoms with E-state index in [4.69, 9.17) is 9.84 Å². The van der Waals surface area contributed by atoms with Gasteiger partial charge >= 0.3 is 0 Å². The van der Waals surface area contributed by atoms with E-state index >= 15 is 0 Å². The first kappa shape index (κ1) is 11.6. The van der Waals surface area contributed by atoms with Gasteiger partial charge in [0.05, 0.1) is 25.1 Å². The zero-order valence-electron chi connectivity index (χ0n) is 8.73. The number of methoxy groups -OCH3 is 1. The van der Waals surface area contributed by atoms with Crippen LogP contribution in [-0.2, 0) is 18.4 Å². The summed E-state index contributed by atoms with van der Waals surface area (Å²) in [7, 11) is 3.59. The van der Waals surface area contributed by atoms with Crippen molar-refractivity contribution in [3.63, 3.8) is 0 Å². The van der Waals surface area contributed by atoms with Gasteiger partial charge in [0, 0.05) is 19.4 Å². The molecule has 0 fully saturated rings. The minimum atomic E-state index is 0.0305. The summed E-state index contributed by atoms with van der Waals surface area (Å²) in [5, 5.41) is 10.3. The molecule has 0 spiro atoms. The van der Waals surface area contributed by atoms with Crippen LogP contribution in [0.3, 0.4) is 0 Å². The Bertz CT molecular complexity index is 288. The number of hydrogen-bond donors (Lipinski definition) is 1. The minimum Gasteiger partial charge on any atom is -0.390 e. The van der Waals surface area contributed by atoms with Crippen LogP contribution in [0, 0.1) is 0 Å². The quantitative estimate of drug-likeness (QED) is 0.747. The summed E-state index contributed by atoms with van der Waals surface area (Å²) in [6.45, 7) is 2.82. The fraction of sp³-hybridized carbons (Fsp3) is 0.667. The molecular formula is C9H16N2O2S. The number of imidazole rings is 1. The van der Waals surface area contributed by atoms with Crippen molar-refractivity contribution in [3.8, 4) is 0 Å². The van der Waals surface area contributed by atoms with Crippen LogP contribution in [0.15, 0.2) is 11.4 Å². The predicted octanol–water partition coefficient (Wildman–Crippen LogP) is 1.04. The van der Waals surface area contributed by atoms with Gasteiger partial charge in [-0.25, -0.2) is 4.98 Å². The molecule has 80 valence electrons. The fourth-order valence-electron chi connectivity index (χ4n) is 1.13. The molecule has 1 heterocycles. The number of aromatic nitrogens is 2. The van der Waals surface area contributed by atoms with Crippen LogP contribution < -0.4 is 0 Å². The summed E-state index contributed by atoms with van der Waals surface area (Å²) < 4.78 is 6.94. The maximum atomic E-state index is 8.97. The molecule has 1 aromatic rings. The van der Waals surface area contributed by atoms with Gasteiger partial charge in [0.15, 0.2) is 5.16 Å². The molecule has 4 nitrogen and oxygen atoms in total. The molecule has 1 aromatic heterocycles. The topological polar surface area (TPSA) is 47.3 Å². The van der Waals surface area contributed by atoms with Gasteiger partial charge < -0.3 is 14.4 Å². The summed E-state index contributed by atoms with van der Waals surface area (Å²) in [5.41, 5.74) is 0.831. The third-order valence-electron chi connectivity index (χ3n) is 1.91. The van der Waals surface area contributed by atoms with Crippen molar-refractivity contribution in [1.29, 1.82) is 0 Å². The van der Waals surface area contributed by atoms with Crippen LogP contribution >= 0.6 is 11.8 Å². The number of aliphatic hydroxyl groups is 1. The largest absolute Gasteiger partial charge is 0.390 e. The van der Waals surface area contributed by atoms with Crippen molar-refractivity contribution in [2.75, 3.05) is 13.7 Å². The summed E-state index contributed by atoms with van der Waals surface area (Å²) in [6.07, 6.45) is 1.70. The molecule has 0 saturated carbocycles. The number of ether oxygens (including phenoxy) is 1. The summed E-state index contributed by atoms with van der Waals surface area (Å²) in [5.74, 6) is 0. The molecule has 0 saturated heterocycles. The Labute approximate surface area is 88.3 Å². The van der Waals surface area contributed by atoms with Crippen LogP contribution in [0.1, 0.15) is 12.6 Å². The average Bonchev–Trinajstić information content (AvgIpc) is 2.48. The lowest BCUT2D eigenvalue weighted by molar-refractivity contribution is 0.203. The second-order valence-electron chi connectivity index (χ2n) is 3.13. The lowest BCUT2D eigenvalue weighted by Gasteiger charge is -2.09. The predicted molar refractivity (Wildman–Crippen MR) is 56.3 cm³/mol. The number of hydrogen-bond acceptors (Lipinski definition) is 4. The van der Waals surface area contributed by atoms with Crippen molar-refractivity contribution in [1.82, 2.24) is 9.55 Å². The Kier molecular flexibility index (Phi) is 4.44. The van der Waals surface area contributed by atoms with Gasteiger partial charge in [0.2, 0.25) is 0 Å². The van der Waals surface area contributed by atoms with E-state index in [0.717, 1.165) is 10.9 Å². The van der Waals surface area contributed by atoms with Crippen LogP contribution in [-0.4, -0.2) is 33.6 Å². The van der Waals surface area contributed by atoms with Crippen molar-refractivity contribution in [2.45, 2.75) is 23.9 Å². The van der Waals surface area contributed by atoms with E-state index in [-0.39, 0.29) is 6.61 Å². The smallest absolute Gasteiger partial charge is 0.168 e. The first-order chi connectivity index (χ1) is 6.69. The summed E-state index contributed by atoms with van der Waals surface area (Å²) in [6, 6.07) is 0. The average molecular weight is 216 g/mol. The van der Waals surface area contributed by atoms with Gasteiger partial charge in [-0.15, -0.1) is 0 Å². The minimum absolute atomic E-state index is 0.0305. The lowest BCUT2D eigenvalue weighted by atomic mass is 10.5. The molecule has 0 aliphatic rings. The van der Waals surface area contributed by atoms with E-state index in [9.17, 15) is 0 Å². The van der Waals surface area contributed by atoms with Crippen molar-refractivity contribution in [3.05, 3.63) is 11.9 Å². The van der Waals surface area contributed by atoms with E-state index in [1.54, 1.807) is 25.1 Å². The van der Waals surface area contributed by atoms with E-state index in [1.807, 2.05) is 11.6 Å². The lowest BCUT2D eigenvalue weighted by Crippen LogP contribution is -2.07. The monoisotopic (exact) mass is 216 g/mol. The molecule has 0 aromatic carbocycles. The summed E-state index contributed by atoms with van der Waals surface area (Å²) in [4.78, 5) is 4.22. The number of rotatable bonds is 5. The second kappa shape index (κ2) is 5.38. The molecule has 0 aliphatic heterocycles. The van der Waals surface area contributed by atoms with Crippen LogP contribution in [0.25, 0.3) is 0 Å². The molecule has 1 atom stereocenters. The number of nitrogens with zero attached hydrogens (tertiary/aromatic N) is 2. The van der Waals surface area contributed by atoms with Gasteiger partial charge in [-0.1, -0.05) is 18.7 Å². The molecule has 1 N–H and O–H groups in total. The number of thioether (sulfide) groups is 1. The highest BCUT2D eigenvalue weighted by molar-refractivity contribution is 7.99. The molecular weight excluding hydrogens is 200 g/mol. The highest BCUT2D eigenvalue weighted by atomic mass is 32.2. The first-order valence-corrected chi connectivity index (χ1v) is 5.34. The van der Waals surface area contributed by atoms with E-state index in [2.05, 4.69) is 11.9 Å². The van der Waals surface area contributed by atoms with E-state index in [1.165, 1.54) is 0 Å². The van der Waals surface area contributed by atoms with E-state index < -0.39 is 0 Å². The Morgan fingerprint density at radius 1 is 1.71 bits per heavy atom.